The number of thiophene rings is 1. The third-order valence-corrected chi connectivity index (χ3v) is 4.30. The highest BCUT2D eigenvalue weighted by Crippen LogP contribution is 2.34. The van der Waals surface area contributed by atoms with E-state index in [0.717, 1.165) is 28.3 Å². The number of anilines is 2. The summed E-state index contributed by atoms with van der Waals surface area (Å²) in [5.74, 6) is 0. The van der Waals surface area contributed by atoms with Crippen molar-refractivity contribution >= 4 is 33.6 Å². The fourth-order valence-electron chi connectivity index (χ4n) is 2.14. The first-order valence-corrected chi connectivity index (χ1v) is 7.96. The Hall–Kier alpha value is -1.98. The largest absolute Gasteiger partial charge is 0.416 e. The van der Waals surface area contributed by atoms with Gasteiger partial charge in [0.2, 0.25) is 0 Å². The van der Waals surface area contributed by atoms with E-state index >= 15 is 0 Å². The van der Waals surface area contributed by atoms with Gasteiger partial charge in [-0.3, -0.25) is 0 Å². The third kappa shape index (κ3) is 3.86. The molecule has 0 fully saturated rings. The van der Waals surface area contributed by atoms with Gasteiger partial charge in [-0.05, 0) is 47.5 Å². The van der Waals surface area contributed by atoms with E-state index in [1.807, 2.05) is 29.6 Å². The minimum absolute atomic E-state index is 0.402. The van der Waals surface area contributed by atoms with Crippen molar-refractivity contribution in [3.8, 4) is 11.1 Å². The number of benzene rings is 2. The third-order valence-electron chi connectivity index (χ3n) is 3.21. The average molecular weight is 354 g/mol. The topological polar surface area (TPSA) is 12.0 Å². The van der Waals surface area contributed by atoms with E-state index in [-0.39, 0.29) is 0 Å². The normalized spacial score (nSPS) is 11.5. The predicted octanol–water partition coefficient (Wildman–Crippen LogP) is 6.83. The van der Waals surface area contributed by atoms with Crippen LogP contribution in [0.4, 0.5) is 23.9 Å². The monoisotopic (exact) mass is 353 g/mol. The minimum Gasteiger partial charge on any atom is -0.347 e. The van der Waals surface area contributed by atoms with Crippen LogP contribution < -0.4 is 5.32 Å². The molecule has 2 aromatic carbocycles. The summed E-state index contributed by atoms with van der Waals surface area (Å²) in [4.78, 5) is 0. The van der Waals surface area contributed by atoms with Crippen molar-refractivity contribution < 1.29 is 13.2 Å². The van der Waals surface area contributed by atoms with Crippen LogP contribution in [0.15, 0.2) is 60.0 Å². The van der Waals surface area contributed by atoms with Crippen LogP contribution in [0.2, 0.25) is 5.02 Å². The molecule has 23 heavy (non-hydrogen) atoms. The van der Waals surface area contributed by atoms with Crippen molar-refractivity contribution in [3.63, 3.8) is 0 Å². The molecule has 0 aliphatic heterocycles. The first kappa shape index (κ1) is 15.9. The summed E-state index contributed by atoms with van der Waals surface area (Å²) in [6.45, 7) is 0. The molecule has 1 aromatic heterocycles. The number of hydrogen-bond donors (Lipinski definition) is 1. The smallest absolute Gasteiger partial charge is 0.347 e. The summed E-state index contributed by atoms with van der Waals surface area (Å²) in [6.07, 6.45) is -4.35. The van der Waals surface area contributed by atoms with Gasteiger partial charge >= 0.3 is 6.18 Å². The lowest BCUT2D eigenvalue weighted by molar-refractivity contribution is -0.137. The molecule has 0 aliphatic rings. The fourth-order valence-corrected chi connectivity index (χ4v) is 3.16. The fraction of sp³-hybridized carbons (Fsp3) is 0.0588. The summed E-state index contributed by atoms with van der Waals surface area (Å²) < 4.78 is 38.2. The number of alkyl halides is 3. The SMILES string of the molecule is FC(F)(F)c1cccc(Nc2cc(-c3cccc(Cl)c3)cs2)c1. The van der Waals surface area contributed by atoms with E-state index in [4.69, 9.17) is 11.6 Å². The standard InChI is InChI=1S/C17H11ClF3NS/c18-14-5-1-3-11(7-14)12-8-16(23-10-12)22-15-6-2-4-13(9-15)17(19,20)21/h1-10,22H. The van der Waals surface area contributed by atoms with Crippen LogP contribution in [0.1, 0.15) is 5.56 Å². The molecule has 3 aromatic rings. The van der Waals surface area contributed by atoms with Gasteiger partial charge in [-0.2, -0.15) is 13.2 Å². The zero-order valence-electron chi connectivity index (χ0n) is 11.7. The Kier molecular flexibility index (Phi) is 4.33. The van der Waals surface area contributed by atoms with Crippen molar-refractivity contribution in [2.75, 3.05) is 5.32 Å². The molecule has 0 amide bonds. The van der Waals surface area contributed by atoms with Gasteiger partial charge in [0.15, 0.2) is 0 Å². The number of rotatable bonds is 3. The van der Waals surface area contributed by atoms with E-state index in [1.54, 1.807) is 12.1 Å². The van der Waals surface area contributed by atoms with Gasteiger partial charge in [0.25, 0.3) is 0 Å². The summed E-state index contributed by atoms with van der Waals surface area (Å²) in [7, 11) is 0. The molecule has 3 rings (SSSR count). The Labute approximate surface area is 140 Å². The molecule has 0 aliphatic carbocycles. The van der Waals surface area contributed by atoms with Crippen LogP contribution in [-0.4, -0.2) is 0 Å². The lowest BCUT2D eigenvalue weighted by Gasteiger charge is -2.09. The molecular formula is C17H11ClF3NS. The first-order chi connectivity index (χ1) is 10.9. The van der Waals surface area contributed by atoms with E-state index in [2.05, 4.69) is 5.32 Å². The lowest BCUT2D eigenvalue weighted by atomic mass is 10.1. The highest BCUT2D eigenvalue weighted by molar-refractivity contribution is 7.14. The van der Waals surface area contributed by atoms with Crippen LogP contribution in [0, 0.1) is 0 Å². The molecule has 0 radical (unpaired) electrons. The summed E-state index contributed by atoms with van der Waals surface area (Å²) in [6, 6.07) is 14.4. The summed E-state index contributed by atoms with van der Waals surface area (Å²) in [5.41, 5.74) is 1.66. The van der Waals surface area contributed by atoms with E-state index in [9.17, 15) is 13.2 Å². The van der Waals surface area contributed by atoms with Gasteiger partial charge < -0.3 is 5.32 Å². The van der Waals surface area contributed by atoms with Crippen molar-refractivity contribution in [2.45, 2.75) is 6.18 Å². The Morgan fingerprint density at radius 1 is 0.913 bits per heavy atom. The molecule has 0 spiro atoms. The van der Waals surface area contributed by atoms with Crippen LogP contribution >= 0.6 is 22.9 Å². The summed E-state index contributed by atoms with van der Waals surface area (Å²) >= 11 is 7.40. The van der Waals surface area contributed by atoms with Crippen molar-refractivity contribution in [1.82, 2.24) is 0 Å². The van der Waals surface area contributed by atoms with Gasteiger partial charge in [-0.25, -0.2) is 0 Å². The van der Waals surface area contributed by atoms with Gasteiger partial charge in [-0.1, -0.05) is 29.8 Å². The Balaban J connectivity index is 1.82. The van der Waals surface area contributed by atoms with Crippen LogP contribution in [0.5, 0.6) is 0 Å². The number of nitrogens with one attached hydrogen (secondary N) is 1. The predicted molar refractivity (Wildman–Crippen MR) is 89.5 cm³/mol. The van der Waals surface area contributed by atoms with Crippen LogP contribution in [0.25, 0.3) is 11.1 Å². The van der Waals surface area contributed by atoms with Crippen molar-refractivity contribution in [1.29, 1.82) is 0 Å². The molecule has 0 unspecified atom stereocenters. The quantitative estimate of drug-likeness (QED) is 0.544. The highest BCUT2D eigenvalue weighted by Gasteiger charge is 2.30. The Morgan fingerprint density at radius 2 is 1.70 bits per heavy atom. The molecule has 1 N–H and O–H groups in total. The maximum absolute atomic E-state index is 12.7. The van der Waals surface area contributed by atoms with Gasteiger partial charge in [0, 0.05) is 16.1 Å². The molecule has 1 nitrogen and oxygen atoms in total. The van der Waals surface area contributed by atoms with E-state index in [0.29, 0.717) is 10.7 Å². The van der Waals surface area contributed by atoms with Crippen molar-refractivity contribution in [2.24, 2.45) is 0 Å². The molecular weight excluding hydrogens is 343 g/mol. The van der Waals surface area contributed by atoms with E-state index in [1.165, 1.54) is 17.4 Å². The lowest BCUT2D eigenvalue weighted by Crippen LogP contribution is -2.04. The maximum Gasteiger partial charge on any atom is 0.416 e. The molecule has 0 saturated heterocycles. The molecule has 0 saturated carbocycles. The Bertz CT molecular complexity index is 826. The average Bonchev–Trinajstić information content (AvgIpc) is 2.95. The van der Waals surface area contributed by atoms with Crippen LogP contribution in [0.3, 0.4) is 0 Å². The summed E-state index contributed by atoms with van der Waals surface area (Å²) in [5, 5.41) is 6.34. The molecule has 6 heteroatoms. The van der Waals surface area contributed by atoms with Gasteiger partial charge in [-0.15, -0.1) is 11.3 Å². The van der Waals surface area contributed by atoms with Crippen LogP contribution in [-0.2, 0) is 6.18 Å². The second-order valence-corrected chi connectivity index (χ2v) is 6.26. The first-order valence-electron chi connectivity index (χ1n) is 6.70. The van der Waals surface area contributed by atoms with Gasteiger partial charge in [0.05, 0.1) is 10.6 Å². The minimum atomic E-state index is -4.35. The van der Waals surface area contributed by atoms with E-state index < -0.39 is 11.7 Å². The number of halogens is 4. The van der Waals surface area contributed by atoms with Crippen molar-refractivity contribution in [3.05, 3.63) is 70.6 Å². The zero-order chi connectivity index (χ0) is 16.4. The zero-order valence-corrected chi connectivity index (χ0v) is 13.3. The molecule has 118 valence electrons. The Morgan fingerprint density at radius 3 is 2.43 bits per heavy atom. The molecule has 1 heterocycles. The number of hydrogen-bond acceptors (Lipinski definition) is 2. The second-order valence-electron chi connectivity index (χ2n) is 4.91. The second kappa shape index (κ2) is 6.26. The maximum atomic E-state index is 12.7. The molecule has 0 atom stereocenters. The van der Waals surface area contributed by atoms with Gasteiger partial charge in [0.1, 0.15) is 0 Å². The molecule has 0 bridgehead atoms. The highest BCUT2D eigenvalue weighted by atomic mass is 35.5.